The molecule has 0 aliphatic carbocycles. The number of carbonyl (C=O) groups excluding carboxylic acids is 1. The quantitative estimate of drug-likeness (QED) is 0.622. The SMILES string of the molecule is CCc1nc(NC(=O)NC(CC(=O)O)C(=O)O)sc1C. The minimum atomic E-state index is -1.49. The van der Waals surface area contributed by atoms with E-state index in [1.807, 2.05) is 13.8 Å². The Labute approximate surface area is 118 Å². The predicted octanol–water partition coefficient (Wildman–Crippen LogP) is 1.06. The number of nitrogens with one attached hydrogen (secondary N) is 2. The average molecular weight is 301 g/mol. The Morgan fingerprint density at radius 3 is 2.45 bits per heavy atom. The van der Waals surface area contributed by atoms with Crippen LogP contribution in [0.3, 0.4) is 0 Å². The standard InChI is InChI=1S/C11H15N3O5S/c1-3-6-5(2)20-11(13-6)14-10(19)12-7(9(17)18)4-8(15)16/h7H,3-4H2,1-2H3,(H,15,16)(H,17,18)(H2,12,13,14,19). The first-order valence-corrected chi connectivity index (χ1v) is 6.63. The number of carbonyl (C=O) groups is 3. The maximum atomic E-state index is 11.6. The highest BCUT2D eigenvalue weighted by molar-refractivity contribution is 7.15. The molecule has 0 aliphatic heterocycles. The normalized spacial score (nSPS) is 11.7. The lowest BCUT2D eigenvalue weighted by Gasteiger charge is -2.12. The molecular weight excluding hydrogens is 286 g/mol. The zero-order valence-corrected chi connectivity index (χ0v) is 11.8. The number of thiazole rings is 1. The highest BCUT2D eigenvalue weighted by Crippen LogP contribution is 2.22. The van der Waals surface area contributed by atoms with Gasteiger partial charge in [-0.25, -0.2) is 14.6 Å². The van der Waals surface area contributed by atoms with Crippen molar-refractivity contribution in [2.45, 2.75) is 32.7 Å². The highest BCUT2D eigenvalue weighted by Gasteiger charge is 2.23. The second kappa shape index (κ2) is 6.85. The number of rotatable bonds is 6. The summed E-state index contributed by atoms with van der Waals surface area (Å²) in [6, 6.07) is -2.28. The molecule has 2 amide bonds. The maximum absolute atomic E-state index is 11.6. The molecule has 110 valence electrons. The van der Waals surface area contributed by atoms with Crippen molar-refractivity contribution in [1.82, 2.24) is 10.3 Å². The Balaban J connectivity index is 2.65. The van der Waals surface area contributed by atoms with Crippen molar-refractivity contribution >= 4 is 34.4 Å². The molecule has 1 rings (SSSR count). The fraction of sp³-hybridized carbons (Fsp3) is 0.455. The van der Waals surface area contributed by atoms with Crippen LogP contribution in [-0.2, 0) is 16.0 Å². The number of hydrogen-bond acceptors (Lipinski definition) is 5. The minimum absolute atomic E-state index is 0.344. The van der Waals surface area contributed by atoms with Gasteiger partial charge in [0.25, 0.3) is 0 Å². The van der Waals surface area contributed by atoms with Gasteiger partial charge >= 0.3 is 18.0 Å². The molecule has 0 spiro atoms. The number of carboxylic acids is 2. The van der Waals surface area contributed by atoms with Crippen LogP contribution in [0.2, 0.25) is 0 Å². The highest BCUT2D eigenvalue weighted by atomic mass is 32.1. The minimum Gasteiger partial charge on any atom is -0.481 e. The average Bonchev–Trinajstić information content (AvgIpc) is 2.67. The van der Waals surface area contributed by atoms with Crippen LogP contribution in [0.25, 0.3) is 0 Å². The number of anilines is 1. The third kappa shape index (κ3) is 4.50. The van der Waals surface area contributed by atoms with Crippen LogP contribution >= 0.6 is 11.3 Å². The lowest BCUT2D eigenvalue weighted by molar-refractivity contribution is -0.145. The summed E-state index contributed by atoms with van der Waals surface area (Å²) in [6.07, 6.45) is 0.0300. The molecule has 0 aromatic carbocycles. The molecule has 1 unspecified atom stereocenters. The molecular formula is C11H15N3O5S. The Kier molecular flexibility index (Phi) is 5.44. The van der Waals surface area contributed by atoms with E-state index in [0.717, 1.165) is 17.0 Å². The molecule has 1 aromatic heterocycles. The summed E-state index contributed by atoms with van der Waals surface area (Å²) in [5.74, 6) is -2.72. The summed E-state index contributed by atoms with van der Waals surface area (Å²) in [5, 5.41) is 22.2. The largest absolute Gasteiger partial charge is 0.481 e. The molecule has 1 heterocycles. The number of hydrogen-bond donors (Lipinski definition) is 4. The van der Waals surface area contributed by atoms with E-state index in [2.05, 4.69) is 15.6 Å². The van der Waals surface area contributed by atoms with Gasteiger partial charge in [-0.05, 0) is 13.3 Å². The van der Waals surface area contributed by atoms with E-state index in [1.165, 1.54) is 11.3 Å². The van der Waals surface area contributed by atoms with Crippen LogP contribution in [-0.4, -0.2) is 39.2 Å². The predicted molar refractivity (Wildman–Crippen MR) is 72.1 cm³/mol. The van der Waals surface area contributed by atoms with Crippen molar-refractivity contribution in [1.29, 1.82) is 0 Å². The van der Waals surface area contributed by atoms with E-state index in [4.69, 9.17) is 10.2 Å². The van der Waals surface area contributed by atoms with Gasteiger partial charge < -0.3 is 15.5 Å². The number of amides is 2. The Bertz CT molecular complexity index is 528. The molecule has 8 nitrogen and oxygen atoms in total. The number of aromatic nitrogens is 1. The zero-order chi connectivity index (χ0) is 15.3. The van der Waals surface area contributed by atoms with Crippen LogP contribution in [0.1, 0.15) is 23.9 Å². The van der Waals surface area contributed by atoms with Crippen LogP contribution in [0, 0.1) is 6.92 Å². The first kappa shape index (κ1) is 15.9. The van der Waals surface area contributed by atoms with Crippen LogP contribution in [0.15, 0.2) is 0 Å². The fourth-order valence-corrected chi connectivity index (χ4v) is 2.37. The van der Waals surface area contributed by atoms with E-state index < -0.39 is 30.4 Å². The van der Waals surface area contributed by atoms with Gasteiger partial charge in [0.15, 0.2) is 5.13 Å². The first-order valence-electron chi connectivity index (χ1n) is 5.81. The molecule has 0 fully saturated rings. The lowest BCUT2D eigenvalue weighted by atomic mass is 10.2. The molecule has 1 aromatic rings. The second-order valence-corrected chi connectivity index (χ2v) is 5.17. The molecule has 0 radical (unpaired) electrons. The summed E-state index contributed by atoms with van der Waals surface area (Å²) >= 11 is 1.27. The Hall–Kier alpha value is -2.16. The molecule has 20 heavy (non-hydrogen) atoms. The van der Waals surface area contributed by atoms with E-state index in [9.17, 15) is 14.4 Å². The van der Waals surface area contributed by atoms with Crippen molar-refractivity contribution in [3.05, 3.63) is 10.6 Å². The maximum Gasteiger partial charge on any atom is 0.326 e. The van der Waals surface area contributed by atoms with Gasteiger partial charge in [0.1, 0.15) is 6.04 Å². The molecule has 1 atom stereocenters. The van der Waals surface area contributed by atoms with Crippen molar-refractivity contribution in [2.24, 2.45) is 0 Å². The lowest BCUT2D eigenvalue weighted by Crippen LogP contribution is -2.44. The van der Waals surface area contributed by atoms with Gasteiger partial charge in [-0.1, -0.05) is 6.92 Å². The van der Waals surface area contributed by atoms with Gasteiger partial charge in [-0.3, -0.25) is 10.1 Å². The third-order valence-electron chi connectivity index (χ3n) is 2.43. The number of carboxylic acid groups (broad SMARTS) is 2. The summed E-state index contributed by atoms with van der Waals surface area (Å²) in [4.78, 5) is 38.0. The molecule has 0 bridgehead atoms. The smallest absolute Gasteiger partial charge is 0.326 e. The first-order chi connectivity index (χ1) is 9.33. The summed E-state index contributed by atoms with van der Waals surface area (Å²) in [6.45, 7) is 3.79. The van der Waals surface area contributed by atoms with Crippen LogP contribution in [0.5, 0.6) is 0 Å². The summed E-state index contributed by atoms with van der Waals surface area (Å²) in [5.41, 5.74) is 0.852. The topological polar surface area (TPSA) is 129 Å². The number of urea groups is 1. The fourth-order valence-electron chi connectivity index (χ4n) is 1.48. The molecule has 4 N–H and O–H groups in total. The second-order valence-electron chi connectivity index (χ2n) is 3.96. The van der Waals surface area contributed by atoms with E-state index in [-0.39, 0.29) is 0 Å². The molecule has 0 saturated heterocycles. The van der Waals surface area contributed by atoms with Gasteiger partial charge in [-0.15, -0.1) is 11.3 Å². The van der Waals surface area contributed by atoms with Crippen LogP contribution < -0.4 is 10.6 Å². The summed E-state index contributed by atoms with van der Waals surface area (Å²) in [7, 11) is 0. The van der Waals surface area contributed by atoms with Gasteiger partial charge in [-0.2, -0.15) is 0 Å². The van der Waals surface area contributed by atoms with Crippen molar-refractivity contribution in [3.8, 4) is 0 Å². The Morgan fingerprint density at radius 2 is 2.00 bits per heavy atom. The van der Waals surface area contributed by atoms with Crippen molar-refractivity contribution in [2.75, 3.05) is 5.32 Å². The van der Waals surface area contributed by atoms with E-state index in [0.29, 0.717) is 5.13 Å². The van der Waals surface area contributed by atoms with Crippen LogP contribution in [0.4, 0.5) is 9.93 Å². The van der Waals surface area contributed by atoms with Gasteiger partial charge in [0, 0.05) is 4.88 Å². The number of aliphatic carboxylic acids is 2. The monoisotopic (exact) mass is 301 g/mol. The zero-order valence-electron chi connectivity index (χ0n) is 11.0. The third-order valence-corrected chi connectivity index (χ3v) is 3.36. The molecule has 0 aliphatic rings. The van der Waals surface area contributed by atoms with E-state index in [1.54, 1.807) is 0 Å². The van der Waals surface area contributed by atoms with E-state index >= 15 is 0 Å². The Morgan fingerprint density at radius 1 is 1.35 bits per heavy atom. The van der Waals surface area contributed by atoms with Gasteiger partial charge in [0.05, 0.1) is 12.1 Å². The van der Waals surface area contributed by atoms with Gasteiger partial charge in [0.2, 0.25) is 0 Å². The summed E-state index contributed by atoms with van der Waals surface area (Å²) < 4.78 is 0. The van der Waals surface area contributed by atoms with Crippen molar-refractivity contribution in [3.63, 3.8) is 0 Å². The molecule has 0 saturated carbocycles. The molecule has 9 heteroatoms. The number of aryl methyl sites for hydroxylation is 2. The number of nitrogens with zero attached hydrogens (tertiary/aromatic N) is 1. The van der Waals surface area contributed by atoms with Crippen molar-refractivity contribution < 1.29 is 24.6 Å².